The Hall–Kier alpha value is -1.46. The van der Waals surface area contributed by atoms with Crippen LogP contribution in [0.15, 0.2) is 22.7 Å². The fraction of sp³-hybridized carbons (Fsp3) is 0.385. The monoisotopic (exact) mass is 281 g/mol. The van der Waals surface area contributed by atoms with E-state index < -0.39 is 0 Å². The van der Waals surface area contributed by atoms with Gasteiger partial charge in [-0.3, -0.25) is 0 Å². The van der Waals surface area contributed by atoms with E-state index in [2.05, 4.69) is 22.4 Å². The van der Waals surface area contributed by atoms with Crippen molar-refractivity contribution < 1.29 is 8.91 Å². The van der Waals surface area contributed by atoms with E-state index in [0.29, 0.717) is 23.2 Å². The molecule has 1 N–H and O–H groups in total. The summed E-state index contributed by atoms with van der Waals surface area (Å²) in [6.07, 6.45) is 1.08. The quantitative estimate of drug-likeness (QED) is 0.918. The maximum absolute atomic E-state index is 13.0. The van der Waals surface area contributed by atoms with Crippen LogP contribution < -0.4 is 5.32 Å². The highest BCUT2D eigenvalue weighted by Gasteiger charge is 2.29. The van der Waals surface area contributed by atoms with E-state index in [9.17, 15) is 4.39 Å². The van der Waals surface area contributed by atoms with Gasteiger partial charge in [-0.15, -0.1) is 0 Å². The zero-order chi connectivity index (χ0) is 13.4. The number of rotatable bonds is 2. The zero-order valence-electron chi connectivity index (χ0n) is 10.4. The number of benzene rings is 1. The molecule has 1 saturated heterocycles. The smallest absolute Gasteiger partial charge is 0.244 e. The van der Waals surface area contributed by atoms with Crippen molar-refractivity contribution in [3.8, 4) is 11.4 Å². The van der Waals surface area contributed by atoms with Gasteiger partial charge >= 0.3 is 0 Å². The molecule has 1 aromatic heterocycles. The molecule has 2 aromatic rings. The molecule has 0 amide bonds. The van der Waals surface area contributed by atoms with Gasteiger partial charge in [-0.25, -0.2) is 4.39 Å². The Bertz CT molecular complexity index is 601. The highest BCUT2D eigenvalue weighted by molar-refractivity contribution is 6.33. The number of hydrogen-bond donors (Lipinski definition) is 1. The third-order valence-electron chi connectivity index (χ3n) is 3.41. The van der Waals surface area contributed by atoms with Crippen LogP contribution in [0.25, 0.3) is 11.4 Å². The molecule has 3 rings (SSSR count). The average molecular weight is 282 g/mol. The molecule has 100 valence electrons. The number of aromatic nitrogens is 2. The Kier molecular flexibility index (Phi) is 3.24. The van der Waals surface area contributed by atoms with E-state index in [-0.39, 0.29) is 16.9 Å². The molecule has 2 heterocycles. The lowest BCUT2D eigenvalue weighted by Gasteiger charge is -2.09. The molecule has 2 atom stereocenters. The summed E-state index contributed by atoms with van der Waals surface area (Å²) in [7, 11) is 0. The molecule has 0 saturated carbocycles. The van der Waals surface area contributed by atoms with Gasteiger partial charge < -0.3 is 9.84 Å². The first-order chi connectivity index (χ1) is 9.15. The normalized spacial score (nSPS) is 22.9. The Morgan fingerprint density at radius 2 is 2.32 bits per heavy atom. The van der Waals surface area contributed by atoms with E-state index in [1.807, 2.05) is 0 Å². The van der Waals surface area contributed by atoms with Crippen molar-refractivity contribution in [2.75, 3.05) is 6.54 Å². The molecular formula is C13H13ClFN3O. The molecule has 0 radical (unpaired) electrons. The topological polar surface area (TPSA) is 51.0 Å². The summed E-state index contributed by atoms with van der Waals surface area (Å²) < 4.78 is 18.3. The molecule has 2 unspecified atom stereocenters. The molecule has 0 aliphatic carbocycles. The number of nitrogens with one attached hydrogen (secondary N) is 1. The van der Waals surface area contributed by atoms with Crippen LogP contribution in [-0.4, -0.2) is 16.7 Å². The van der Waals surface area contributed by atoms with E-state index >= 15 is 0 Å². The van der Waals surface area contributed by atoms with Crippen LogP contribution in [0.2, 0.25) is 5.02 Å². The highest BCUT2D eigenvalue weighted by atomic mass is 35.5. The first kappa shape index (κ1) is 12.6. The average Bonchev–Trinajstić information content (AvgIpc) is 2.97. The summed E-state index contributed by atoms with van der Waals surface area (Å²) in [5, 5.41) is 7.52. The van der Waals surface area contributed by atoms with E-state index in [1.54, 1.807) is 6.07 Å². The second-order valence-corrected chi connectivity index (χ2v) is 5.19. The molecule has 1 fully saturated rings. The Balaban J connectivity index is 1.92. The van der Waals surface area contributed by atoms with Crippen LogP contribution in [-0.2, 0) is 0 Å². The van der Waals surface area contributed by atoms with Crippen LogP contribution in [0.5, 0.6) is 0 Å². The van der Waals surface area contributed by atoms with Crippen molar-refractivity contribution in [3.05, 3.63) is 34.9 Å². The number of hydrogen-bond acceptors (Lipinski definition) is 4. The van der Waals surface area contributed by atoms with Crippen LogP contribution in [0.4, 0.5) is 4.39 Å². The van der Waals surface area contributed by atoms with Crippen LogP contribution in [0.1, 0.15) is 25.3 Å². The van der Waals surface area contributed by atoms with Gasteiger partial charge in [-0.1, -0.05) is 23.7 Å². The van der Waals surface area contributed by atoms with Crippen LogP contribution >= 0.6 is 11.6 Å². The molecule has 1 aliphatic heterocycles. The molecular weight excluding hydrogens is 269 g/mol. The predicted molar refractivity (Wildman–Crippen MR) is 69.2 cm³/mol. The van der Waals surface area contributed by atoms with Gasteiger partial charge in [0.1, 0.15) is 5.82 Å². The van der Waals surface area contributed by atoms with Gasteiger partial charge in [-0.2, -0.15) is 4.98 Å². The first-order valence-electron chi connectivity index (χ1n) is 6.17. The van der Waals surface area contributed by atoms with Gasteiger partial charge in [0.15, 0.2) is 0 Å². The lowest BCUT2D eigenvalue weighted by atomic mass is 10.0. The lowest BCUT2D eigenvalue weighted by molar-refractivity contribution is 0.319. The fourth-order valence-corrected chi connectivity index (χ4v) is 2.56. The second kappa shape index (κ2) is 4.90. The Labute approximate surface area is 115 Å². The van der Waals surface area contributed by atoms with Gasteiger partial charge in [0.25, 0.3) is 0 Å². The molecule has 0 bridgehead atoms. The van der Waals surface area contributed by atoms with Crippen LogP contribution in [0.3, 0.4) is 0 Å². The third-order valence-corrected chi connectivity index (χ3v) is 3.73. The van der Waals surface area contributed by atoms with Crippen molar-refractivity contribution in [2.45, 2.75) is 19.4 Å². The van der Waals surface area contributed by atoms with Gasteiger partial charge in [-0.05, 0) is 37.1 Å². The molecule has 1 aromatic carbocycles. The van der Waals surface area contributed by atoms with Gasteiger partial charge in [0.05, 0.1) is 11.1 Å². The minimum Gasteiger partial charge on any atom is -0.337 e. The number of nitrogens with zero attached hydrogens (tertiary/aromatic N) is 2. The molecule has 1 aliphatic rings. The zero-order valence-corrected chi connectivity index (χ0v) is 11.1. The largest absolute Gasteiger partial charge is 0.337 e. The minimum absolute atomic E-state index is 0.0838. The maximum Gasteiger partial charge on any atom is 0.244 e. The minimum atomic E-state index is -0.386. The number of halogens is 2. The van der Waals surface area contributed by atoms with Gasteiger partial charge in [0, 0.05) is 5.56 Å². The second-order valence-electron chi connectivity index (χ2n) is 4.78. The van der Waals surface area contributed by atoms with E-state index in [1.165, 1.54) is 12.1 Å². The maximum atomic E-state index is 13.0. The van der Waals surface area contributed by atoms with E-state index in [4.69, 9.17) is 16.1 Å². The molecule has 0 spiro atoms. The standard InChI is InChI=1S/C13H13ClFN3O/c1-7-4-5-16-11(7)13-17-12(18-19-13)9-3-2-8(15)6-10(9)14/h2-3,6-7,11,16H,4-5H2,1H3. The van der Waals surface area contributed by atoms with Crippen molar-refractivity contribution in [3.63, 3.8) is 0 Å². The van der Waals surface area contributed by atoms with Crippen molar-refractivity contribution in [1.29, 1.82) is 0 Å². The van der Waals surface area contributed by atoms with Crippen molar-refractivity contribution in [1.82, 2.24) is 15.5 Å². The SMILES string of the molecule is CC1CCNC1c1nc(-c2ccc(F)cc2Cl)no1. The molecule has 4 nitrogen and oxygen atoms in total. The summed E-state index contributed by atoms with van der Waals surface area (Å²) in [5.74, 6) is 1.02. The van der Waals surface area contributed by atoms with Crippen molar-refractivity contribution >= 4 is 11.6 Å². The summed E-state index contributed by atoms with van der Waals surface area (Å²) in [4.78, 5) is 4.36. The summed E-state index contributed by atoms with van der Waals surface area (Å²) >= 11 is 5.98. The fourth-order valence-electron chi connectivity index (χ4n) is 2.31. The third kappa shape index (κ3) is 2.35. The van der Waals surface area contributed by atoms with E-state index in [0.717, 1.165) is 13.0 Å². The first-order valence-corrected chi connectivity index (χ1v) is 6.55. The summed E-state index contributed by atoms with van der Waals surface area (Å²) in [5.41, 5.74) is 0.573. The summed E-state index contributed by atoms with van der Waals surface area (Å²) in [6, 6.07) is 4.20. The Morgan fingerprint density at radius 1 is 1.47 bits per heavy atom. The van der Waals surface area contributed by atoms with Crippen LogP contribution in [0, 0.1) is 11.7 Å². The molecule has 6 heteroatoms. The predicted octanol–water partition coefficient (Wildman–Crippen LogP) is 3.20. The highest BCUT2D eigenvalue weighted by Crippen LogP contribution is 2.31. The van der Waals surface area contributed by atoms with Crippen molar-refractivity contribution in [2.24, 2.45) is 5.92 Å². The Morgan fingerprint density at radius 3 is 3.00 bits per heavy atom. The molecule has 19 heavy (non-hydrogen) atoms. The lowest BCUT2D eigenvalue weighted by Crippen LogP contribution is -2.16. The van der Waals surface area contributed by atoms with Gasteiger partial charge in [0.2, 0.25) is 11.7 Å². The summed E-state index contributed by atoms with van der Waals surface area (Å²) in [6.45, 7) is 3.08.